The van der Waals surface area contributed by atoms with Gasteiger partial charge >= 0.3 is 0 Å². The monoisotopic (exact) mass is 578 g/mol. The van der Waals surface area contributed by atoms with Crippen molar-refractivity contribution in [3.8, 4) is 0 Å². The molecule has 0 bridgehead atoms. The van der Waals surface area contributed by atoms with Gasteiger partial charge in [0.15, 0.2) is 0 Å². The van der Waals surface area contributed by atoms with Crippen LogP contribution in [0.15, 0.2) is 0 Å². The highest BCUT2D eigenvalue weighted by molar-refractivity contribution is 7.45. The maximum atomic E-state index is 12.6. The minimum Gasteiger partial charge on any atom is -0.756 e. The lowest BCUT2D eigenvalue weighted by Gasteiger charge is -2.30. The second-order valence-corrected chi connectivity index (χ2v) is 13.6. The Morgan fingerprint density at radius 3 is 1.74 bits per heavy atom. The standard InChI is InChI=1S/C30H63N2O6P/c1-6-8-10-12-14-15-16-18-19-21-23-29(33)28(27-38-39(35,36)37-26-25-32(3,4)5)31-30(34)24-22-20-17-13-11-9-7-2/h28-29,33H,6-27H2,1-5H3,(H-,31,34,35,36). The van der Waals surface area contributed by atoms with Crippen LogP contribution >= 0.6 is 7.82 Å². The Labute approximate surface area is 240 Å². The predicted octanol–water partition coefficient (Wildman–Crippen LogP) is 6.49. The SMILES string of the molecule is CCCCCCCCCCCCC(O)C(COP(=O)([O-])OCC[N+](C)(C)C)NC(=O)CCCCCCCCC. The lowest BCUT2D eigenvalue weighted by Crippen LogP contribution is -2.46. The average Bonchev–Trinajstić information content (AvgIpc) is 2.86. The third-order valence-electron chi connectivity index (χ3n) is 7.10. The van der Waals surface area contributed by atoms with Crippen molar-refractivity contribution in [3.63, 3.8) is 0 Å². The van der Waals surface area contributed by atoms with Crippen molar-refractivity contribution in [1.82, 2.24) is 5.32 Å². The first-order chi connectivity index (χ1) is 18.5. The molecule has 0 heterocycles. The van der Waals surface area contributed by atoms with Gasteiger partial charge in [0.05, 0.1) is 39.9 Å². The number of nitrogens with zero attached hydrogens (tertiary/aromatic N) is 1. The number of amides is 1. The summed E-state index contributed by atoms with van der Waals surface area (Å²) in [4.78, 5) is 24.9. The van der Waals surface area contributed by atoms with Crippen LogP contribution in [0.4, 0.5) is 0 Å². The van der Waals surface area contributed by atoms with Gasteiger partial charge in [0, 0.05) is 6.42 Å². The van der Waals surface area contributed by atoms with Gasteiger partial charge < -0.3 is 28.8 Å². The zero-order valence-electron chi connectivity index (χ0n) is 26.1. The smallest absolute Gasteiger partial charge is 0.268 e. The topological polar surface area (TPSA) is 108 Å². The molecule has 0 saturated carbocycles. The van der Waals surface area contributed by atoms with E-state index in [1.54, 1.807) is 0 Å². The van der Waals surface area contributed by atoms with Gasteiger partial charge in [0.2, 0.25) is 5.91 Å². The van der Waals surface area contributed by atoms with Crippen LogP contribution in [0.25, 0.3) is 0 Å². The molecule has 0 aliphatic carbocycles. The van der Waals surface area contributed by atoms with Crippen molar-refractivity contribution in [3.05, 3.63) is 0 Å². The van der Waals surface area contributed by atoms with Gasteiger partial charge in [-0.05, 0) is 12.8 Å². The molecule has 0 aromatic carbocycles. The fourth-order valence-electron chi connectivity index (χ4n) is 4.45. The summed E-state index contributed by atoms with van der Waals surface area (Å²) in [6.45, 7) is 4.62. The van der Waals surface area contributed by atoms with E-state index in [0.29, 0.717) is 23.9 Å². The Hall–Kier alpha value is -0.500. The van der Waals surface area contributed by atoms with Crippen molar-refractivity contribution >= 4 is 13.7 Å². The minimum absolute atomic E-state index is 0.0146. The van der Waals surface area contributed by atoms with Gasteiger partial charge in [-0.1, -0.05) is 117 Å². The molecule has 0 aliphatic heterocycles. The maximum absolute atomic E-state index is 12.6. The fraction of sp³-hybridized carbons (Fsp3) is 0.967. The highest BCUT2D eigenvalue weighted by Gasteiger charge is 2.24. The first-order valence-corrected chi connectivity index (χ1v) is 17.3. The van der Waals surface area contributed by atoms with Crippen molar-refractivity contribution in [1.29, 1.82) is 0 Å². The molecule has 0 fully saturated rings. The van der Waals surface area contributed by atoms with E-state index in [2.05, 4.69) is 19.2 Å². The van der Waals surface area contributed by atoms with Crippen LogP contribution in [0.5, 0.6) is 0 Å². The molecule has 8 nitrogen and oxygen atoms in total. The number of quaternary nitrogens is 1. The number of likely N-dealkylation sites (N-methyl/N-ethyl adjacent to an activating group) is 1. The van der Waals surface area contributed by atoms with Gasteiger partial charge in [-0.2, -0.15) is 0 Å². The average molecular weight is 579 g/mol. The fourth-order valence-corrected chi connectivity index (χ4v) is 5.17. The van der Waals surface area contributed by atoms with Crippen molar-refractivity contribution in [2.24, 2.45) is 0 Å². The third kappa shape index (κ3) is 26.2. The number of carbonyl (C=O) groups excluding carboxylic acids is 1. The van der Waals surface area contributed by atoms with Gasteiger partial charge in [0.25, 0.3) is 7.82 Å². The van der Waals surface area contributed by atoms with Crippen LogP contribution < -0.4 is 10.2 Å². The third-order valence-corrected chi connectivity index (χ3v) is 8.06. The largest absolute Gasteiger partial charge is 0.756 e. The minimum atomic E-state index is -4.53. The van der Waals surface area contributed by atoms with Gasteiger partial charge in [0.1, 0.15) is 13.2 Å². The lowest BCUT2D eigenvalue weighted by atomic mass is 10.0. The summed E-state index contributed by atoms with van der Waals surface area (Å²) in [5.41, 5.74) is 0. The molecule has 1 amide bonds. The number of phosphoric acid groups is 1. The first kappa shape index (κ1) is 38.5. The molecular weight excluding hydrogens is 515 g/mol. The van der Waals surface area contributed by atoms with Crippen LogP contribution in [0, 0.1) is 0 Å². The quantitative estimate of drug-likeness (QED) is 0.0624. The summed E-state index contributed by atoms with van der Waals surface area (Å²) in [7, 11) is 1.30. The number of aliphatic hydroxyl groups is 1. The highest BCUT2D eigenvalue weighted by atomic mass is 31.2. The van der Waals surface area contributed by atoms with Crippen LogP contribution in [0.1, 0.15) is 136 Å². The van der Waals surface area contributed by atoms with E-state index in [-0.39, 0.29) is 19.1 Å². The zero-order valence-corrected chi connectivity index (χ0v) is 27.0. The number of aliphatic hydroxyl groups excluding tert-OH is 1. The van der Waals surface area contributed by atoms with Crippen LogP contribution in [-0.4, -0.2) is 68.5 Å². The van der Waals surface area contributed by atoms with E-state index in [1.807, 2.05) is 21.1 Å². The Morgan fingerprint density at radius 1 is 0.795 bits per heavy atom. The number of hydrogen-bond donors (Lipinski definition) is 2. The Kier molecular flexibility index (Phi) is 23.8. The van der Waals surface area contributed by atoms with E-state index < -0.39 is 20.0 Å². The second-order valence-electron chi connectivity index (χ2n) is 12.2. The summed E-state index contributed by atoms with van der Waals surface area (Å²) in [6.07, 6.45) is 19.7. The summed E-state index contributed by atoms with van der Waals surface area (Å²) in [6, 6.07) is -0.787. The normalized spacial score (nSPS) is 15.2. The number of carbonyl (C=O) groups is 1. The molecule has 0 aromatic rings. The van der Waals surface area contributed by atoms with Crippen molar-refractivity contribution < 1.29 is 32.9 Å². The Bertz CT molecular complexity index is 629. The van der Waals surface area contributed by atoms with Crippen molar-refractivity contribution in [2.45, 2.75) is 148 Å². The van der Waals surface area contributed by atoms with E-state index in [1.165, 1.54) is 70.6 Å². The van der Waals surface area contributed by atoms with Gasteiger partial charge in [-0.15, -0.1) is 0 Å². The van der Waals surface area contributed by atoms with E-state index in [9.17, 15) is 19.4 Å². The first-order valence-electron chi connectivity index (χ1n) is 15.9. The maximum Gasteiger partial charge on any atom is 0.268 e. The molecule has 2 N–H and O–H groups in total. The number of rotatable bonds is 28. The van der Waals surface area contributed by atoms with Gasteiger partial charge in [-0.25, -0.2) is 0 Å². The number of phosphoric ester groups is 1. The summed E-state index contributed by atoms with van der Waals surface area (Å²) < 4.78 is 22.9. The molecule has 0 saturated heterocycles. The van der Waals surface area contributed by atoms with Crippen LogP contribution in [-0.2, 0) is 18.4 Å². The number of unbranched alkanes of at least 4 members (excludes halogenated alkanes) is 15. The molecular formula is C30H63N2O6P. The summed E-state index contributed by atoms with van der Waals surface area (Å²) in [5.74, 6) is -0.175. The van der Waals surface area contributed by atoms with E-state index in [4.69, 9.17) is 9.05 Å². The van der Waals surface area contributed by atoms with E-state index >= 15 is 0 Å². The lowest BCUT2D eigenvalue weighted by molar-refractivity contribution is -0.870. The Balaban J connectivity index is 4.57. The summed E-state index contributed by atoms with van der Waals surface area (Å²) >= 11 is 0. The molecule has 0 radical (unpaired) electrons. The predicted molar refractivity (Wildman–Crippen MR) is 159 cm³/mol. The zero-order chi connectivity index (χ0) is 29.4. The molecule has 39 heavy (non-hydrogen) atoms. The Morgan fingerprint density at radius 2 is 1.26 bits per heavy atom. The van der Waals surface area contributed by atoms with Crippen LogP contribution in [0.2, 0.25) is 0 Å². The molecule has 0 spiro atoms. The van der Waals surface area contributed by atoms with Crippen molar-refractivity contribution in [2.75, 3.05) is 40.9 Å². The molecule has 0 rings (SSSR count). The molecule has 0 aromatic heterocycles. The molecule has 3 atom stereocenters. The van der Waals surface area contributed by atoms with E-state index in [0.717, 1.165) is 38.5 Å². The summed E-state index contributed by atoms with van der Waals surface area (Å²) in [5, 5.41) is 13.7. The molecule has 0 aliphatic rings. The molecule has 234 valence electrons. The molecule has 3 unspecified atom stereocenters. The number of nitrogens with one attached hydrogen (secondary N) is 1. The molecule has 9 heteroatoms. The highest BCUT2D eigenvalue weighted by Crippen LogP contribution is 2.38. The van der Waals surface area contributed by atoms with Gasteiger partial charge in [-0.3, -0.25) is 9.36 Å². The second kappa shape index (κ2) is 24.1. The number of hydrogen-bond acceptors (Lipinski definition) is 6. The van der Waals surface area contributed by atoms with Crippen LogP contribution in [0.3, 0.4) is 0 Å².